The number of hydrogen-bond donors (Lipinski definition) is 1. The van der Waals surface area contributed by atoms with Crippen LogP contribution in [0.15, 0.2) is 47.4 Å². The summed E-state index contributed by atoms with van der Waals surface area (Å²) in [5.41, 5.74) is 1.54. The number of thioether (sulfide) groups is 1. The lowest BCUT2D eigenvalue weighted by atomic mass is 10.2. The van der Waals surface area contributed by atoms with E-state index < -0.39 is 0 Å². The van der Waals surface area contributed by atoms with Crippen LogP contribution in [0.2, 0.25) is 5.02 Å². The number of likely N-dealkylation sites (N-methyl/N-ethyl adjacent to an activating group) is 1. The second kappa shape index (κ2) is 9.21. The zero-order valence-electron chi connectivity index (χ0n) is 15.8. The van der Waals surface area contributed by atoms with Gasteiger partial charge in [0.05, 0.1) is 31.6 Å². The lowest BCUT2D eigenvalue weighted by molar-refractivity contribution is -0.132. The zero-order valence-corrected chi connectivity index (χ0v) is 17.3. The van der Waals surface area contributed by atoms with Crippen LogP contribution in [0, 0.1) is 0 Å². The van der Waals surface area contributed by atoms with E-state index in [2.05, 4.69) is 16.3 Å². The van der Waals surface area contributed by atoms with Gasteiger partial charge in [0.15, 0.2) is 0 Å². The fraction of sp³-hybridized carbons (Fsp3) is 0.300. The molecule has 0 saturated carbocycles. The smallest absolute Gasteiger partial charge is 0.244 e. The van der Waals surface area contributed by atoms with Gasteiger partial charge in [-0.2, -0.15) is 0 Å². The Morgan fingerprint density at radius 2 is 2.07 bits per heavy atom. The minimum Gasteiger partial charge on any atom is -0.495 e. The molecule has 2 aromatic carbocycles. The third kappa shape index (κ3) is 4.91. The molecule has 0 radical (unpaired) electrons. The van der Waals surface area contributed by atoms with Gasteiger partial charge in [0.25, 0.3) is 0 Å². The van der Waals surface area contributed by atoms with Crippen molar-refractivity contribution >= 4 is 46.6 Å². The molecule has 0 spiro atoms. The molecule has 1 heterocycles. The second-order valence-corrected chi connectivity index (χ2v) is 7.95. The van der Waals surface area contributed by atoms with E-state index in [1.54, 1.807) is 37.0 Å². The van der Waals surface area contributed by atoms with Crippen LogP contribution in [0.4, 0.5) is 11.4 Å². The topological polar surface area (TPSA) is 61.9 Å². The molecule has 1 aliphatic rings. The minimum atomic E-state index is -0.314. The average Bonchev–Trinajstić information content (AvgIpc) is 2.68. The summed E-state index contributed by atoms with van der Waals surface area (Å²) in [7, 11) is 3.14. The van der Waals surface area contributed by atoms with Gasteiger partial charge in [-0.05, 0) is 30.3 Å². The normalized spacial score (nSPS) is 12.9. The van der Waals surface area contributed by atoms with Crippen LogP contribution in [-0.2, 0) is 9.59 Å². The Balaban J connectivity index is 1.59. The molecule has 6 nitrogen and oxygen atoms in total. The van der Waals surface area contributed by atoms with E-state index in [9.17, 15) is 9.59 Å². The first-order valence-electron chi connectivity index (χ1n) is 8.82. The van der Waals surface area contributed by atoms with Crippen molar-refractivity contribution in [1.82, 2.24) is 4.90 Å². The van der Waals surface area contributed by atoms with Crippen LogP contribution < -0.4 is 15.0 Å². The highest BCUT2D eigenvalue weighted by molar-refractivity contribution is 7.99. The summed E-state index contributed by atoms with van der Waals surface area (Å²) in [4.78, 5) is 29.7. The summed E-state index contributed by atoms with van der Waals surface area (Å²) < 4.78 is 5.22. The van der Waals surface area contributed by atoms with E-state index in [1.807, 2.05) is 18.2 Å². The summed E-state index contributed by atoms with van der Waals surface area (Å²) >= 11 is 7.78. The Morgan fingerprint density at radius 1 is 1.29 bits per heavy atom. The van der Waals surface area contributed by atoms with E-state index in [0.717, 1.165) is 18.0 Å². The summed E-state index contributed by atoms with van der Waals surface area (Å²) in [5.74, 6) is 1.01. The predicted molar refractivity (Wildman–Crippen MR) is 114 cm³/mol. The van der Waals surface area contributed by atoms with Gasteiger partial charge in [0.1, 0.15) is 5.75 Å². The van der Waals surface area contributed by atoms with Crippen LogP contribution >= 0.6 is 23.4 Å². The highest BCUT2D eigenvalue weighted by atomic mass is 35.5. The van der Waals surface area contributed by atoms with Crippen LogP contribution in [0.5, 0.6) is 5.75 Å². The molecule has 2 aromatic rings. The van der Waals surface area contributed by atoms with Gasteiger partial charge < -0.3 is 19.9 Å². The standard InChI is InChI=1S/C20H22ClN3O3S/c1-23(12-19(25)22-15-11-14(21)7-8-17(15)27-2)20(26)13-24-9-10-28-18-6-4-3-5-16(18)24/h3-8,11H,9-10,12-13H2,1-2H3,(H,22,25). The van der Waals surface area contributed by atoms with Gasteiger partial charge in [-0.1, -0.05) is 23.7 Å². The lowest BCUT2D eigenvalue weighted by Gasteiger charge is -2.31. The molecular weight excluding hydrogens is 398 g/mol. The number of ether oxygens (including phenoxy) is 1. The molecule has 0 bridgehead atoms. The quantitative estimate of drug-likeness (QED) is 0.777. The van der Waals surface area contributed by atoms with E-state index >= 15 is 0 Å². The molecule has 1 N–H and O–H groups in total. The molecule has 2 amide bonds. The zero-order chi connectivity index (χ0) is 20.1. The number of carbonyl (C=O) groups excluding carboxylic acids is 2. The number of hydrogen-bond acceptors (Lipinski definition) is 5. The van der Waals surface area contributed by atoms with Gasteiger partial charge >= 0.3 is 0 Å². The number of carbonyl (C=O) groups is 2. The highest BCUT2D eigenvalue weighted by Crippen LogP contribution is 2.34. The number of methoxy groups -OCH3 is 1. The number of para-hydroxylation sites is 1. The summed E-state index contributed by atoms with van der Waals surface area (Å²) in [6.45, 7) is 0.980. The minimum absolute atomic E-state index is 0.0568. The van der Waals surface area contributed by atoms with Crippen molar-refractivity contribution in [2.45, 2.75) is 4.90 Å². The first-order chi connectivity index (χ1) is 13.5. The number of anilines is 2. The van der Waals surface area contributed by atoms with Gasteiger partial charge in [-0.15, -0.1) is 11.8 Å². The van der Waals surface area contributed by atoms with Crippen molar-refractivity contribution < 1.29 is 14.3 Å². The summed E-state index contributed by atoms with van der Waals surface area (Å²) in [6.07, 6.45) is 0. The number of halogens is 1. The van der Waals surface area contributed by atoms with E-state index in [1.165, 1.54) is 16.9 Å². The van der Waals surface area contributed by atoms with E-state index in [4.69, 9.17) is 16.3 Å². The van der Waals surface area contributed by atoms with Crippen LogP contribution in [-0.4, -0.2) is 56.3 Å². The highest BCUT2D eigenvalue weighted by Gasteiger charge is 2.22. The van der Waals surface area contributed by atoms with Crippen LogP contribution in [0.3, 0.4) is 0 Å². The number of benzene rings is 2. The third-order valence-corrected chi connectivity index (χ3v) is 5.67. The summed E-state index contributed by atoms with van der Waals surface area (Å²) in [6, 6.07) is 13.0. The van der Waals surface area contributed by atoms with Gasteiger partial charge in [0, 0.05) is 29.3 Å². The van der Waals surface area contributed by atoms with Crippen LogP contribution in [0.25, 0.3) is 0 Å². The molecule has 0 saturated heterocycles. The van der Waals surface area contributed by atoms with Crippen molar-refractivity contribution in [3.8, 4) is 5.75 Å². The Labute approximate surface area is 173 Å². The van der Waals surface area contributed by atoms with Crippen molar-refractivity contribution in [2.75, 3.05) is 49.8 Å². The van der Waals surface area contributed by atoms with E-state index in [0.29, 0.717) is 16.5 Å². The first kappa shape index (κ1) is 20.4. The Hall–Kier alpha value is -2.38. The summed E-state index contributed by atoms with van der Waals surface area (Å²) in [5, 5.41) is 3.24. The van der Waals surface area contributed by atoms with Gasteiger partial charge in [-0.3, -0.25) is 9.59 Å². The fourth-order valence-electron chi connectivity index (χ4n) is 2.95. The Kier molecular flexibility index (Phi) is 6.70. The fourth-order valence-corrected chi connectivity index (χ4v) is 4.17. The molecule has 148 valence electrons. The van der Waals surface area contributed by atoms with Crippen molar-refractivity contribution in [1.29, 1.82) is 0 Å². The number of fused-ring (bicyclic) bond motifs is 1. The lowest BCUT2D eigenvalue weighted by Crippen LogP contribution is -2.43. The number of amides is 2. The molecule has 8 heteroatoms. The Bertz CT molecular complexity index is 878. The first-order valence-corrected chi connectivity index (χ1v) is 10.2. The largest absolute Gasteiger partial charge is 0.495 e. The monoisotopic (exact) mass is 419 g/mol. The molecule has 0 aliphatic carbocycles. The SMILES string of the molecule is COc1ccc(Cl)cc1NC(=O)CN(C)C(=O)CN1CCSc2ccccc21. The molecule has 0 fully saturated rings. The molecular formula is C20H22ClN3O3S. The Morgan fingerprint density at radius 3 is 2.86 bits per heavy atom. The van der Waals surface area contributed by atoms with Crippen molar-refractivity contribution in [3.63, 3.8) is 0 Å². The van der Waals surface area contributed by atoms with Gasteiger partial charge in [-0.25, -0.2) is 0 Å². The average molecular weight is 420 g/mol. The van der Waals surface area contributed by atoms with Crippen LogP contribution in [0.1, 0.15) is 0 Å². The number of rotatable bonds is 6. The number of nitrogens with zero attached hydrogens (tertiary/aromatic N) is 2. The maximum Gasteiger partial charge on any atom is 0.244 e. The molecule has 0 unspecified atom stereocenters. The molecule has 28 heavy (non-hydrogen) atoms. The third-order valence-electron chi connectivity index (χ3n) is 4.39. The van der Waals surface area contributed by atoms with Gasteiger partial charge in [0.2, 0.25) is 11.8 Å². The molecule has 1 aliphatic heterocycles. The predicted octanol–water partition coefficient (Wildman–Crippen LogP) is 3.36. The molecule has 0 atom stereocenters. The molecule has 0 aromatic heterocycles. The maximum absolute atomic E-state index is 12.6. The molecule has 3 rings (SSSR count). The maximum atomic E-state index is 12.6. The van der Waals surface area contributed by atoms with Crippen molar-refractivity contribution in [3.05, 3.63) is 47.5 Å². The van der Waals surface area contributed by atoms with Crippen molar-refractivity contribution in [2.24, 2.45) is 0 Å². The van der Waals surface area contributed by atoms with E-state index in [-0.39, 0.29) is 24.9 Å². The second-order valence-electron chi connectivity index (χ2n) is 6.38. The number of nitrogens with one attached hydrogen (secondary N) is 1.